The number of halogens is 1. The summed E-state index contributed by atoms with van der Waals surface area (Å²) in [5, 5.41) is 12.1. The van der Waals surface area contributed by atoms with Crippen molar-refractivity contribution in [2.75, 3.05) is 33.5 Å². The van der Waals surface area contributed by atoms with Crippen LogP contribution < -0.4 is 5.32 Å². The van der Waals surface area contributed by atoms with E-state index in [-0.39, 0.29) is 30.1 Å². The molecule has 0 radical (unpaired) electrons. The third-order valence-corrected chi connectivity index (χ3v) is 5.01. The molecule has 1 heterocycles. The number of rotatable bonds is 10. The van der Waals surface area contributed by atoms with Crippen molar-refractivity contribution in [3.05, 3.63) is 46.1 Å². The van der Waals surface area contributed by atoms with Crippen molar-refractivity contribution in [1.29, 1.82) is 0 Å². The lowest BCUT2D eigenvalue weighted by molar-refractivity contribution is -0.166. The Bertz CT molecular complexity index is 619. The van der Waals surface area contributed by atoms with E-state index in [2.05, 4.69) is 21.2 Å². The summed E-state index contributed by atoms with van der Waals surface area (Å²) in [5.74, 6) is -0.0517. The number of methoxy groups -OCH3 is 1. The van der Waals surface area contributed by atoms with Gasteiger partial charge in [0.1, 0.15) is 0 Å². The first-order valence-corrected chi connectivity index (χ1v) is 10.0. The minimum absolute atomic E-state index is 0.00815. The highest BCUT2D eigenvalue weighted by atomic mass is 79.9. The zero-order valence-corrected chi connectivity index (χ0v) is 17.4. The third-order valence-electron chi connectivity index (χ3n) is 4.48. The molecular weight excluding hydrogens is 414 g/mol. The fourth-order valence-corrected chi connectivity index (χ4v) is 3.45. The summed E-state index contributed by atoms with van der Waals surface area (Å²) in [7, 11) is 1.59. The summed E-state index contributed by atoms with van der Waals surface area (Å²) in [5.41, 5.74) is 1.08. The van der Waals surface area contributed by atoms with Gasteiger partial charge in [-0.1, -0.05) is 28.1 Å². The number of hydrogen-bond acceptors (Lipinski definition) is 5. The van der Waals surface area contributed by atoms with Crippen molar-refractivity contribution < 1.29 is 24.1 Å². The maximum Gasteiger partial charge on any atom is 0.286 e. The normalized spacial score (nSPS) is 22.1. The second-order valence-corrected chi connectivity index (χ2v) is 7.24. The van der Waals surface area contributed by atoms with Crippen LogP contribution in [0.3, 0.4) is 0 Å². The second-order valence-electron chi connectivity index (χ2n) is 6.33. The molecule has 3 atom stereocenters. The van der Waals surface area contributed by atoms with Crippen LogP contribution in [-0.4, -0.2) is 50.8 Å². The molecule has 150 valence electrons. The van der Waals surface area contributed by atoms with Gasteiger partial charge in [0.15, 0.2) is 5.76 Å². The Morgan fingerprint density at radius 2 is 2.07 bits per heavy atom. The van der Waals surface area contributed by atoms with Crippen LogP contribution in [0.5, 0.6) is 0 Å². The fourth-order valence-electron chi connectivity index (χ4n) is 3.18. The molecule has 0 unspecified atom stereocenters. The van der Waals surface area contributed by atoms with Crippen molar-refractivity contribution >= 4 is 21.8 Å². The molecule has 1 aliphatic heterocycles. The summed E-state index contributed by atoms with van der Waals surface area (Å²) >= 11 is 3.46. The van der Waals surface area contributed by atoms with Gasteiger partial charge in [0, 0.05) is 43.2 Å². The molecule has 0 bridgehead atoms. The van der Waals surface area contributed by atoms with E-state index in [9.17, 15) is 9.90 Å². The van der Waals surface area contributed by atoms with Gasteiger partial charge in [-0.15, -0.1) is 0 Å². The quantitative estimate of drug-likeness (QED) is 0.545. The molecule has 1 aliphatic rings. The second kappa shape index (κ2) is 11.4. The monoisotopic (exact) mass is 441 g/mol. The molecule has 2 rings (SSSR count). The number of carbonyl (C=O) groups excluding carboxylic acids is 1. The van der Waals surface area contributed by atoms with Gasteiger partial charge in [-0.25, -0.2) is 0 Å². The minimum atomic E-state index is -0.539. The highest BCUT2D eigenvalue weighted by Crippen LogP contribution is 2.39. The Labute approximate surface area is 169 Å². The number of aliphatic hydroxyl groups is 1. The zero-order chi connectivity index (χ0) is 19.6. The van der Waals surface area contributed by atoms with Crippen LogP contribution in [0.4, 0.5) is 0 Å². The van der Waals surface area contributed by atoms with E-state index in [4.69, 9.17) is 14.2 Å². The molecule has 0 fully saturated rings. The van der Waals surface area contributed by atoms with E-state index in [1.165, 1.54) is 0 Å². The first kappa shape index (κ1) is 21.9. The molecule has 1 aromatic carbocycles. The number of aliphatic hydroxyl groups excluding tert-OH is 1. The average Bonchev–Trinajstić information content (AvgIpc) is 2.67. The van der Waals surface area contributed by atoms with Crippen molar-refractivity contribution in [3.8, 4) is 0 Å². The molecule has 0 aromatic heterocycles. The lowest BCUT2D eigenvalue weighted by atomic mass is 9.80. The van der Waals surface area contributed by atoms with E-state index in [1.807, 2.05) is 37.3 Å². The maximum atomic E-state index is 12.5. The Hall–Kier alpha value is -1.41. The molecule has 0 aliphatic carbocycles. The summed E-state index contributed by atoms with van der Waals surface area (Å²) in [4.78, 5) is 12.5. The number of hydrogen-bond donors (Lipinski definition) is 2. The Balaban J connectivity index is 2.31. The number of nitrogens with one attached hydrogen (secondary N) is 1. The van der Waals surface area contributed by atoms with Crippen LogP contribution in [-0.2, 0) is 19.0 Å². The Morgan fingerprint density at radius 1 is 1.33 bits per heavy atom. The van der Waals surface area contributed by atoms with Crippen LogP contribution in [0, 0.1) is 5.92 Å². The van der Waals surface area contributed by atoms with Gasteiger partial charge < -0.3 is 24.6 Å². The fraction of sp³-hybridized carbons (Fsp3) is 0.550. The molecule has 6 nitrogen and oxygen atoms in total. The number of carbonyl (C=O) groups is 1. The van der Waals surface area contributed by atoms with Gasteiger partial charge in [0.25, 0.3) is 5.91 Å². The summed E-state index contributed by atoms with van der Waals surface area (Å²) in [6.45, 7) is 3.33. The standard InChI is InChI=1S/C20H28BrNO5/c1-3-26-20-16(5-4-11-23)17(14-6-8-15(21)9-7-14)13-18(27-20)19(24)22-10-12-25-2/h6-9,13,16-17,20,23H,3-5,10-12H2,1-2H3,(H,22,24)/t16-,17+,20+/m0/s1. The van der Waals surface area contributed by atoms with Crippen LogP contribution in [0.1, 0.15) is 31.2 Å². The van der Waals surface area contributed by atoms with Gasteiger partial charge in [0.05, 0.1) is 6.61 Å². The first-order valence-electron chi connectivity index (χ1n) is 9.24. The molecular formula is C20H28BrNO5. The molecule has 1 aromatic rings. The van der Waals surface area contributed by atoms with Crippen molar-refractivity contribution in [1.82, 2.24) is 5.32 Å². The van der Waals surface area contributed by atoms with Crippen molar-refractivity contribution in [2.24, 2.45) is 5.92 Å². The Morgan fingerprint density at radius 3 is 2.70 bits per heavy atom. The molecule has 2 N–H and O–H groups in total. The van der Waals surface area contributed by atoms with Gasteiger partial charge in [-0.3, -0.25) is 4.79 Å². The predicted octanol–water partition coefficient (Wildman–Crippen LogP) is 2.96. The van der Waals surface area contributed by atoms with Crippen molar-refractivity contribution in [3.63, 3.8) is 0 Å². The summed E-state index contributed by atoms with van der Waals surface area (Å²) < 4.78 is 17.7. The van der Waals surface area contributed by atoms with E-state index in [1.54, 1.807) is 7.11 Å². The largest absolute Gasteiger partial charge is 0.459 e. The predicted molar refractivity (Wildman–Crippen MR) is 106 cm³/mol. The zero-order valence-electron chi connectivity index (χ0n) is 15.8. The van der Waals surface area contributed by atoms with Gasteiger partial charge in [-0.05, 0) is 43.5 Å². The highest BCUT2D eigenvalue weighted by molar-refractivity contribution is 9.10. The van der Waals surface area contributed by atoms with E-state index in [0.717, 1.165) is 16.5 Å². The third kappa shape index (κ3) is 6.31. The molecule has 0 saturated carbocycles. The van der Waals surface area contributed by atoms with Crippen LogP contribution in [0.2, 0.25) is 0 Å². The topological polar surface area (TPSA) is 77.0 Å². The first-order chi connectivity index (χ1) is 13.1. The van der Waals surface area contributed by atoms with Crippen LogP contribution >= 0.6 is 15.9 Å². The molecule has 0 spiro atoms. The van der Waals surface area contributed by atoms with Gasteiger partial charge in [-0.2, -0.15) is 0 Å². The lowest BCUT2D eigenvalue weighted by Crippen LogP contribution is -2.39. The number of ether oxygens (including phenoxy) is 3. The molecule has 27 heavy (non-hydrogen) atoms. The van der Waals surface area contributed by atoms with Crippen molar-refractivity contribution in [2.45, 2.75) is 32.0 Å². The lowest BCUT2D eigenvalue weighted by Gasteiger charge is -2.37. The van der Waals surface area contributed by atoms with Crippen LogP contribution in [0.25, 0.3) is 0 Å². The number of amides is 1. The Kier molecular flexibility index (Phi) is 9.27. The van der Waals surface area contributed by atoms with E-state index >= 15 is 0 Å². The van der Waals surface area contributed by atoms with Gasteiger partial charge in [0.2, 0.25) is 6.29 Å². The number of allylic oxidation sites excluding steroid dienone is 1. The highest BCUT2D eigenvalue weighted by Gasteiger charge is 2.37. The summed E-state index contributed by atoms with van der Waals surface area (Å²) in [6.07, 6.45) is 2.71. The van der Waals surface area contributed by atoms with E-state index in [0.29, 0.717) is 26.2 Å². The molecule has 1 amide bonds. The van der Waals surface area contributed by atoms with Gasteiger partial charge >= 0.3 is 0 Å². The number of benzene rings is 1. The van der Waals surface area contributed by atoms with Crippen LogP contribution in [0.15, 0.2) is 40.6 Å². The van der Waals surface area contributed by atoms with E-state index < -0.39 is 6.29 Å². The minimum Gasteiger partial charge on any atom is -0.459 e. The smallest absolute Gasteiger partial charge is 0.286 e. The molecule has 0 saturated heterocycles. The summed E-state index contributed by atoms with van der Waals surface area (Å²) in [6, 6.07) is 8.03. The maximum absolute atomic E-state index is 12.5. The SMILES string of the molecule is CCO[C@@H]1OC(C(=O)NCCOC)=C[C@H](c2ccc(Br)cc2)[C@@H]1CCCO. The molecule has 7 heteroatoms. The average molecular weight is 442 g/mol.